The van der Waals surface area contributed by atoms with E-state index in [1.54, 1.807) is 38.5 Å². The third-order valence-corrected chi connectivity index (χ3v) is 5.78. The summed E-state index contributed by atoms with van der Waals surface area (Å²) in [6, 6.07) is 22.9. The highest BCUT2D eigenvalue weighted by atomic mass is 16.5. The lowest BCUT2D eigenvalue weighted by Gasteiger charge is -2.11. The van der Waals surface area contributed by atoms with Crippen LogP contribution in [-0.2, 0) is 13.0 Å². The zero-order chi connectivity index (χ0) is 24.5. The Morgan fingerprint density at radius 3 is 2.46 bits per heavy atom. The molecule has 0 bridgehead atoms. The van der Waals surface area contributed by atoms with E-state index in [1.165, 1.54) is 0 Å². The van der Waals surface area contributed by atoms with E-state index in [4.69, 9.17) is 19.2 Å². The van der Waals surface area contributed by atoms with Crippen molar-refractivity contribution in [2.75, 3.05) is 27.4 Å². The minimum absolute atomic E-state index is 0.0872. The van der Waals surface area contributed by atoms with Gasteiger partial charge in [0.25, 0.3) is 5.91 Å². The van der Waals surface area contributed by atoms with Crippen molar-refractivity contribution < 1.29 is 19.0 Å². The number of amides is 1. The molecule has 0 radical (unpaired) electrons. The minimum Gasteiger partial charge on any atom is -0.497 e. The molecule has 0 saturated carbocycles. The van der Waals surface area contributed by atoms with Gasteiger partial charge in [0.05, 0.1) is 31.9 Å². The van der Waals surface area contributed by atoms with Gasteiger partial charge in [0.15, 0.2) is 0 Å². The van der Waals surface area contributed by atoms with Gasteiger partial charge in [0.1, 0.15) is 23.1 Å². The number of aromatic nitrogens is 2. The molecule has 182 valence electrons. The first-order valence-electron chi connectivity index (χ1n) is 11.8. The number of para-hydroxylation sites is 2. The number of aryl methyl sites for hydroxylation is 2. The maximum atomic E-state index is 12.4. The van der Waals surface area contributed by atoms with Crippen LogP contribution in [0.25, 0.3) is 11.0 Å². The number of fused-ring (bicyclic) bond motifs is 1. The summed E-state index contributed by atoms with van der Waals surface area (Å²) in [4.78, 5) is 17.2. The molecule has 4 rings (SSSR count). The minimum atomic E-state index is -0.0872. The van der Waals surface area contributed by atoms with Gasteiger partial charge in [-0.05, 0) is 61.4 Å². The highest BCUT2D eigenvalue weighted by Gasteiger charge is 2.11. The van der Waals surface area contributed by atoms with E-state index in [1.807, 2.05) is 42.5 Å². The number of carbonyl (C=O) groups excluding carboxylic acids is 1. The summed E-state index contributed by atoms with van der Waals surface area (Å²) in [7, 11) is 3.26. The van der Waals surface area contributed by atoms with Crippen molar-refractivity contribution in [3.63, 3.8) is 0 Å². The van der Waals surface area contributed by atoms with Gasteiger partial charge in [-0.15, -0.1) is 0 Å². The van der Waals surface area contributed by atoms with Gasteiger partial charge < -0.3 is 24.1 Å². The Morgan fingerprint density at radius 1 is 0.886 bits per heavy atom. The smallest absolute Gasteiger partial charge is 0.251 e. The maximum absolute atomic E-state index is 12.4. The molecule has 1 amide bonds. The van der Waals surface area contributed by atoms with E-state index >= 15 is 0 Å². The third-order valence-electron chi connectivity index (χ3n) is 5.78. The number of carbonyl (C=O) groups is 1. The molecule has 1 N–H and O–H groups in total. The predicted octanol–water partition coefficient (Wildman–Crippen LogP) is 4.89. The van der Waals surface area contributed by atoms with Crippen LogP contribution in [0.2, 0.25) is 0 Å². The monoisotopic (exact) mass is 473 g/mol. The number of imidazole rings is 1. The van der Waals surface area contributed by atoms with Crippen molar-refractivity contribution >= 4 is 16.9 Å². The molecule has 0 aliphatic carbocycles. The van der Waals surface area contributed by atoms with E-state index in [-0.39, 0.29) is 5.91 Å². The summed E-state index contributed by atoms with van der Waals surface area (Å²) < 4.78 is 18.6. The van der Waals surface area contributed by atoms with Gasteiger partial charge in [-0.25, -0.2) is 4.98 Å². The molecule has 0 spiro atoms. The number of nitrogens with zero attached hydrogens (tertiary/aromatic N) is 2. The molecule has 0 fully saturated rings. The van der Waals surface area contributed by atoms with Gasteiger partial charge in [-0.3, -0.25) is 4.79 Å². The number of hydrogen-bond acceptors (Lipinski definition) is 5. The van der Waals surface area contributed by atoms with Crippen LogP contribution in [-0.4, -0.2) is 42.8 Å². The van der Waals surface area contributed by atoms with Crippen LogP contribution >= 0.6 is 0 Å². The molecule has 0 aliphatic rings. The molecule has 0 atom stereocenters. The Morgan fingerprint density at radius 2 is 1.66 bits per heavy atom. The zero-order valence-corrected chi connectivity index (χ0v) is 20.2. The number of ether oxygens (including phenoxy) is 3. The Kier molecular flexibility index (Phi) is 8.22. The molecule has 1 heterocycles. The number of hydrogen-bond donors (Lipinski definition) is 1. The number of nitrogens with one attached hydrogen (secondary N) is 1. The van der Waals surface area contributed by atoms with Crippen LogP contribution in [0.15, 0.2) is 72.8 Å². The molecule has 1 aromatic heterocycles. The van der Waals surface area contributed by atoms with Crippen LogP contribution in [0.3, 0.4) is 0 Å². The fourth-order valence-electron chi connectivity index (χ4n) is 3.96. The van der Waals surface area contributed by atoms with Crippen molar-refractivity contribution in [3.05, 3.63) is 84.2 Å². The summed E-state index contributed by atoms with van der Waals surface area (Å²) in [5.74, 6) is 3.24. The van der Waals surface area contributed by atoms with E-state index in [2.05, 4.69) is 16.0 Å². The summed E-state index contributed by atoms with van der Waals surface area (Å²) in [6.07, 6.45) is 2.42. The SMILES string of the molecule is COc1ccc(C(=O)NCCCc2nc3ccccc3n2CCCOc2cccc(OC)c2)cc1. The Labute approximate surface area is 205 Å². The van der Waals surface area contributed by atoms with E-state index in [0.29, 0.717) is 18.7 Å². The summed E-state index contributed by atoms with van der Waals surface area (Å²) in [6.45, 7) is 1.97. The van der Waals surface area contributed by atoms with Gasteiger partial charge >= 0.3 is 0 Å². The average Bonchev–Trinajstić information content (AvgIpc) is 3.26. The van der Waals surface area contributed by atoms with Crippen molar-refractivity contribution in [1.82, 2.24) is 14.9 Å². The molecule has 0 aliphatic heterocycles. The largest absolute Gasteiger partial charge is 0.497 e. The lowest BCUT2D eigenvalue weighted by Crippen LogP contribution is -2.25. The van der Waals surface area contributed by atoms with Crippen LogP contribution in [0, 0.1) is 0 Å². The fourth-order valence-corrected chi connectivity index (χ4v) is 3.96. The summed E-state index contributed by atoms with van der Waals surface area (Å²) in [5, 5.41) is 2.99. The maximum Gasteiger partial charge on any atom is 0.251 e. The van der Waals surface area contributed by atoms with E-state index < -0.39 is 0 Å². The zero-order valence-electron chi connectivity index (χ0n) is 20.2. The lowest BCUT2D eigenvalue weighted by molar-refractivity contribution is 0.0953. The molecule has 35 heavy (non-hydrogen) atoms. The molecule has 4 aromatic rings. The summed E-state index contributed by atoms with van der Waals surface area (Å²) in [5.41, 5.74) is 2.72. The van der Waals surface area contributed by atoms with Gasteiger partial charge in [0.2, 0.25) is 0 Å². The number of benzene rings is 3. The van der Waals surface area contributed by atoms with Crippen molar-refractivity contribution in [1.29, 1.82) is 0 Å². The Hall–Kier alpha value is -4.00. The predicted molar refractivity (Wildman–Crippen MR) is 136 cm³/mol. The molecule has 0 saturated heterocycles. The van der Waals surface area contributed by atoms with Crippen LogP contribution in [0.4, 0.5) is 0 Å². The lowest BCUT2D eigenvalue weighted by atomic mass is 10.2. The van der Waals surface area contributed by atoms with Crippen molar-refractivity contribution in [2.45, 2.75) is 25.8 Å². The first-order valence-corrected chi connectivity index (χ1v) is 11.8. The standard InChI is InChI=1S/C28H31N3O4/c1-33-22-15-13-21(14-16-22)28(32)29-17-6-12-27-30-25-10-3-4-11-26(25)31(27)18-7-19-35-24-9-5-8-23(20-24)34-2/h3-5,8-11,13-16,20H,6-7,12,17-19H2,1-2H3,(H,29,32). The topological polar surface area (TPSA) is 74.6 Å². The fraction of sp³-hybridized carbons (Fsp3) is 0.286. The van der Waals surface area contributed by atoms with Gasteiger partial charge in [-0.1, -0.05) is 18.2 Å². The van der Waals surface area contributed by atoms with E-state index in [9.17, 15) is 4.79 Å². The van der Waals surface area contributed by atoms with Gasteiger partial charge in [-0.2, -0.15) is 0 Å². The average molecular weight is 474 g/mol. The Balaban J connectivity index is 1.31. The highest BCUT2D eigenvalue weighted by molar-refractivity contribution is 5.94. The second-order valence-corrected chi connectivity index (χ2v) is 8.14. The summed E-state index contributed by atoms with van der Waals surface area (Å²) >= 11 is 0. The third kappa shape index (κ3) is 6.32. The first-order chi connectivity index (χ1) is 17.2. The molecular formula is C28H31N3O4. The first kappa shape index (κ1) is 24.1. The molecule has 7 heteroatoms. The van der Waals surface area contributed by atoms with Crippen LogP contribution in [0.5, 0.6) is 17.2 Å². The number of methoxy groups -OCH3 is 2. The second-order valence-electron chi connectivity index (χ2n) is 8.14. The van der Waals surface area contributed by atoms with Crippen molar-refractivity contribution in [3.8, 4) is 17.2 Å². The molecule has 0 unspecified atom stereocenters. The van der Waals surface area contributed by atoms with Crippen LogP contribution in [0.1, 0.15) is 29.0 Å². The van der Waals surface area contributed by atoms with E-state index in [0.717, 1.165) is 59.9 Å². The molecule has 3 aromatic carbocycles. The second kappa shape index (κ2) is 11.9. The van der Waals surface area contributed by atoms with Gasteiger partial charge in [0, 0.05) is 31.1 Å². The molecule has 7 nitrogen and oxygen atoms in total. The van der Waals surface area contributed by atoms with Crippen LogP contribution < -0.4 is 19.5 Å². The molecular weight excluding hydrogens is 442 g/mol. The highest BCUT2D eigenvalue weighted by Crippen LogP contribution is 2.20. The van der Waals surface area contributed by atoms with Crippen molar-refractivity contribution in [2.24, 2.45) is 0 Å². The normalized spacial score (nSPS) is 10.8. The number of rotatable bonds is 12. The quantitative estimate of drug-likeness (QED) is 0.297. The Bertz CT molecular complexity index is 1250.